The molecule has 2 aliphatic heterocycles. The van der Waals surface area contributed by atoms with Crippen LogP contribution in [0, 0.1) is 11.8 Å². The summed E-state index contributed by atoms with van der Waals surface area (Å²) in [5.41, 5.74) is 1.30. The molecule has 1 N–H and O–H groups in total. The van der Waals surface area contributed by atoms with Gasteiger partial charge < -0.3 is 19.4 Å². The Kier molecular flexibility index (Phi) is 5.37. The number of epoxide rings is 1. The third kappa shape index (κ3) is 4.11. The molecule has 0 bridgehead atoms. The second kappa shape index (κ2) is 7.76. The number of nitrogens with one attached hydrogen (secondary N) is 1. The minimum atomic E-state index is -0.121. The summed E-state index contributed by atoms with van der Waals surface area (Å²) in [6, 6.07) is 0. The van der Waals surface area contributed by atoms with Gasteiger partial charge in [-0.2, -0.15) is 0 Å². The van der Waals surface area contributed by atoms with Gasteiger partial charge in [-0.25, -0.2) is 4.98 Å². The van der Waals surface area contributed by atoms with Crippen molar-refractivity contribution in [2.24, 2.45) is 11.8 Å². The average Bonchev–Trinajstić information content (AvgIpc) is 2.98. The number of aromatic nitrogens is 2. The number of allylic oxidation sites excluding steroid dienone is 2. The summed E-state index contributed by atoms with van der Waals surface area (Å²) in [7, 11) is 0. The molecule has 3 heterocycles. The van der Waals surface area contributed by atoms with E-state index in [4.69, 9.17) is 9.47 Å². The summed E-state index contributed by atoms with van der Waals surface area (Å²) in [6.45, 7) is 6.87. The summed E-state index contributed by atoms with van der Waals surface area (Å²) < 4.78 is 13.9. The molecule has 27 heavy (non-hydrogen) atoms. The molecule has 0 radical (unpaired) electrons. The van der Waals surface area contributed by atoms with E-state index in [2.05, 4.69) is 34.8 Å². The van der Waals surface area contributed by atoms with Crippen LogP contribution < -0.4 is 5.32 Å². The molecule has 0 saturated carbocycles. The minimum Gasteiger partial charge on any atom is -0.459 e. The standard InChI is InChI=1S/C21H31N3O3/c1-15-5-3-8-21(2)19(27-21)18-16(7-6-15)17(20(25)26-18)13-22-9-4-11-24-12-10-23-14-24/h5,10,12,14,16-19,22H,3-4,6-9,11,13H2,1-2H3/b15-5-/t16-,17-,18-,19-,21+/m0/s1. The summed E-state index contributed by atoms with van der Waals surface area (Å²) in [5.74, 6) is 0.127. The van der Waals surface area contributed by atoms with Gasteiger partial charge in [0.25, 0.3) is 0 Å². The third-order valence-corrected chi connectivity index (χ3v) is 6.43. The van der Waals surface area contributed by atoms with Gasteiger partial charge in [-0.15, -0.1) is 0 Å². The van der Waals surface area contributed by atoms with Crippen molar-refractivity contribution >= 4 is 5.97 Å². The van der Waals surface area contributed by atoms with Crippen molar-refractivity contribution in [3.05, 3.63) is 30.4 Å². The molecule has 0 aromatic carbocycles. The number of hydrogen-bond acceptors (Lipinski definition) is 5. The van der Waals surface area contributed by atoms with Gasteiger partial charge in [0.15, 0.2) is 0 Å². The molecule has 6 heteroatoms. The van der Waals surface area contributed by atoms with E-state index in [9.17, 15) is 4.79 Å². The van der Waals surface area contributed by atoms with Crippen LogP contribution in [-0.4, -0.2) is 46.4 Å². The predicted molar refractivity (Wildman–Crippen MR) is 102 cm³/mol. The first-order valence-corrected chi connectivity index (χ1v) is 10.3. The SMILES string of the molecule is C/C1=C/CC[C@@]2(C)O[C@H]2[C@H]2OC(=O)[C@@H](CNCCCn3ccnc3)[C@@H]2CC1. The molecule has 0 spiro atoms. The van der Waals surface area contributed by atoms with E-state index >= 15 is 0 Å². The molecule has 2 saturated heterocycles. The number of carbonyl (C=O) groups is 1. The highest BCUT2D eigenvalue weighted by Crippen LogP contribution is 2.50. The van der Waals surface area contributed by atoms with Crippen molar-refractivity contribution in [2.45, 2.75) is 70.3 Å². The third-order valence-electron chi connectivity index (χ3n) is 6.43. The second-order valence-electron chi connectivity index (χ2n) is 8.51. The summed E-state index contributed by atoms with van der Waals surface area (Å²) in [4.78, 5) is 16.7. The summed E-state index contributed by atoms with van der Waals surface area (Å²) in [6.07, 6.45) is 13.0. The molecule has 1 aromatic rings. The van der Waals surface area contributed by atoms with Crippen LogP contribution in [0.5, 0.6) is 0 Å². The highest BCUT2D eigenvalue weighted by atomic mass is 16.6. The number of hydrogen-bond donors (Lipinski definition) is 1. The molecule has 0 unspecified atom stereocenters. The first-order valence-electron chi connectivity index (χ1n) is 10.3. The molecule has 4 rings (SSSR count). The fourth-order valence-electron chi connectivity index (χ4n) is 4.64. The van der Waals surface area contributed by atoms with Crippen LogP contribution in [0.4, 0.5) is 0 Å². The summed E-state index contributed by atoms with van der Waals surface area (Å²) >= 11 is 0. The predicted octanol–water partition coefficient (Wildman–Crippen LogP) is 2.70. The van der Waals surface area contributed by atoms with Gasteiger partial charge in [-0.1, -0.05) is 11.6 Å². The molecular weight excluding hydrogens is 342 g/mol. The van der Waals surface area contributed by atoms with Crippen LogP contribution in [0.3, 0.4) is 0 Å². The lowest BCUT2D eigenvalue weighted by molar-refractivity contribution is -0.144. The Bertz CT molecular complexity index is 687. The normalized spacial score (nSPS) is 37.7. The van der Waals surface area contributed by atoms with Crippen LogP contribution in [0.15, 0.2) is 30.4 Å². The first kappa shape index (κ1) is 18.7. The number of nitrogens with zero attached hydrogens (tertiary/aromatic N) is 2. The minimum absolute atomic E-state index is 0.0501. The van der Waals surface area contributed by atoms with Crippen LogP contribution >= 0.6 is 0 Å². The Balaban J connectivity index is 1.34. The Labute approximate surface area is 161 Å². The number of fused-ring (bicyclic) bond motifs is 3. The number of esters is 1. The second-order valence-corrected chi connectivity index (χ2v) is 8.51. The van der Waals surface area contributed by atoms with Gasteiger partial charge in [-0.05, 0) is 52.5 Å². The zero-order valence-corrected chi connectivity index (χ0v) is 16.4. The molecule has 5 atom stereocenters. The molecule has 1 aliphatic carbocycles. The van der Waals surface area contributed by atoms with E-state index in [1.165, 1.54) is 5.57 Å². The molecule has 0 amide bonds. The number of carbonyl (C=O) groups excluding carboxylic acids is 1. The Morgan fingerprint density at radius 1 is 1.44 bits per heavy atom. The fourth-order valence-corrected chi connectivity index (χ4v) is 4.64. The van der Waals surface area contributed by atoms with Crippen molar-refractivity contribution < 1.29 is 14.3 Å². The maximum absolute atomic E-state index is 12.6. The molecule has 6 nitrogen and oxygen atoms in total. The number of ether oxygens (including phenoxy) is 2. The van der Waals surface area contributed by atoms with Crippen molar-refractivity contribution in [2.75, 3.05) is 13.1 Å². The van der Waals surface area contributed by atoms with Gasteiger partial charge in [0.05, 0.1) is 17.8 Å². The monoisotopic (exact) mass is 373 g/mol. The topological polar surface area (TPSA) is 68.7 Å². The van der Waals surface area contributed by atoms with Gasteiger partial charge in [0.2, 0.25) is 0 Å². The van der Waals surface area contributed by atoms with Crippen molar-refractivity contribution in [1.82, 2.24) is 14.9 Å². The Morgan fingerprint density at radius 2 is 2.33 bits per heavy atom. The number of imidazole rings is 1. The van der Waals surface area contributed by atoms with Crippen LogP contribution in [0.25, 0.3) is 0 Å². The summed E-state index contributed by atoms with van der Waals surface area (Å²) in [5, 5.41) is 3.48. The maximum atomic E-state index is 12.6. The zero-order valence-electron chi connectivity index (χ0n) is 16.4. The van der Waals surface area contributed by atoms with Gasteiger partial charge in [0, 0.05) is 31.4 Å². The maximum Gasteiger partial charge on any atom is 0.311 e. The van der Waals surface area contributed by atoms with Crippen LogP contribution in [0.2, 0.25) is 0 Å². The van der Waals surface area contributed by atoms with Gasteiger partial charge in [0.1, 0.15) is 12.2 Å². The zero-order chi connectivity index (χ0) is 18.9. The lowest BCUT2D eigenvalue weighted by Gasteiger charge is -2.22. The number of rotatable bonds is 6. The number of aryl methyl sites for hydroxylation is 1. The molecule has 3 aliphatic rings. The smallest absolute Gasteiger partial charge is 0.311 e. The van der Waals surface area contributed by atoms with E-state index in [1.54, 1.807) is 6.20 Å². The molecule has 2 fully saturated rings. The lowest BCUT2D eigenvalue weighted by atomic mass is 9.80. The fraction of sp³-hybridized carbons (Fsp3) is 0.714. The van der Waals surface area contributed by atoms with Crippen LogP contribution in [0.1, 0.15) is 46.0 Å². The quantitative estimate of drug-likeness (QED) is 0.359. The average molecular weight is 373 g/mol. The van der Waals surface area contributed by atoms with Gasteiger partial charge >= 0.3 is 5.97 Å². The highest BCUT2D eigenvalue weighted by Gasteiger charge is 2.62. The Morgan fingerprint density at radius 3 is 3.15 bits per heavy atom. The largest absolute Gasteiger partial charge is 0.459 e. The van der Waals surface area contributed by atoms with Crippen molar-refractivity contribution in [3.8, 4) is 0 Å². The van der Waals surface area contributed by atoms with E-state index in [1.807, 2.05) is 12.5 Å². The van der Waals surface area contributed by atoms with Crippen molar-refractivity contribution in [1.29, 1.82) is 0 Å². The first-order chi connectivity index (χ1) is 13.1. The van der Waals surface area contributed by atoms with Crippen LogP contribution in [-0.2, 0) is 20.8 Å². The van der Waals surface area contributed by atoms with Crippen molar-refractivity contribution in [3.63, 3.8) is 0 Å². The van der Waals surface area contributed by atoms with E-state index in [-0.39, 0.29) is 35.6 Å². The van der Waals surface area contributed by atoms with E-state index in [0.29, 0.717) is 6.54 Å². The highest BCUT2D eigenvalue weighted by molar-refractivity contribution is 5.75. The van der Waals surface area contributed by atoms with E-state index < -0.39 is 0 Å². The van der Waals surface area contributed by atoms with E-state index in [0.717, 1.165) is 45.2 Å². The van der Waals surface area contributed by atoms with Gasteiger partial charge in [-0.3, -0.25) is 4.79 Å². The molecular formula is C21H31N3O3. The molecule has 1 aromatic heterocycles. The Hall–Kier alpha value is -1.66. The lowest BCUT2D eigenvalue weighted by Crippen LogP contribution is -2.34. The molecule has 148 valence electrons.